The molecule has 280 valence electrons. The number of hydrogen-bond acceptors (Lipinski definition) is 2. The van der Waals surface area contributed by atoms with E-state index in [0.717, 1.165) is 17.1 Å². The van der Waals surface area contributed by atoms with Crippen molar-refractivity contribution in [3.05, 3.63) is 223 Å². The fourth-order valence-electron chi connectivity index (χ4n) is 9.21. The molecule has 0 N–H and O–H groups in total. The van der Waals surface area contributed by atoms with Crippen molar-refractivity contribution in [3.63, 3.8) is 0 Å². The summed E-state index contributed by atoms with van der Waals surface area (Å²) in [5, 5.41) is 2.65. The highest BCUT2D eigenvalue weighted by Gasteiger charge is 2.36. The van der Waals surface area contributed by atoms with Gasteiger partial charge in [-0.15, -0.1) is 11.3 Å². The van der Waals surface area contributed by atoms with E-state index in [1.165, 1.54) is 86.9 Å². The van der Waals surface area contributed by atoms with Crippen LogP contribution in [0.4, 0.5) is 17.1 Å². The maximum Gasteiger partial charge on any atom is 0.0465 e. The Balaban J connectivity index is 1.01. The van der Waals surface area contributed by atoms with Crippen LogP contribution >= 0.6 is 11.3 Å². The van der Waals surface area contributed by atoms with Gasteiger partial charge in [-0.05, 0) is 127 Å². The Morgan fingerprint density at radius 3 is 1.39 bits per heavy atom. The predicted octanol–water partition coefficient (Wildman–Crippen LogP) is 16.5. The van der Waals surface area contributed by atoms with Gasteiger partial charge in [-0.1, -0.05) is 166 Å². The minimum Gasteiger partial charge on any atom is -0.310 e. The first-order valence-electron chi connectivity index (χ1n) is 20.4. The highest BCUT2D eigenvalue weighted by molar-refractivity contribution is 7.25. The van der Waals surface area contributed by atoms with Crippen molar-refractivity contribution in [2.75, 3.05) is 4.90 Å². The van der Waals surface area contributed by atoms with Gasteiger partial charge in [0.05, 0.1) is 0 Å². The molecule has 0 saturated heterocycles. The van der Waals surface area contributed by atoms with Crippen LogP contribution in [0, 0.1) is 0 Å². The van der Waals surface area contributed by atoms with Gasteiger partial charge >= 0.3 is 0 Å². The summed E-state index contributed by atoms with van der Waals surface area (Å²) < 4.78 is 2.65. The quantitative estimate of drug-likeness (QED) is 0.156. The maximum atomic E-state index is 2.47. The SMILES string of the molecule is CC1(C)c2cc(-c3cc4sc5ccccc5c4cc3-c3ccccc3)ccc2-c2ccc(N(c3ccc(-c4ccccc4)cc3)c3ccc(-c4ccccc4)cc3)cc21. The van der Waals surface area contributed by atoms with Gasteiger partial charge in [0, 0.05) is 42.6 Å². The Labute approximate surface area is 350 Å². The van der Waals surface area contributed by atoms with Crippen LogP contribution in [0.2, 0.25) is 0 Å². The third kappa shape index (κ3) is 6.07. The van der Waals surface area contributed by atoms with Gasteiger partial charge in [0.1, 0.15) is 0 Å². The Morgan fingerprint density at radius 1 is 0.322 bits per heavy atom. The smallest absolute Gasteiger partial charge is 0.0465 e. The Bertz CT molecular complexity index is 3060. The Morgan fingerprint density at radius 2 is 0.780 bits per heavy atom. The molecule has 0 amide bonds. The molecular weight excluding hydrogens is 731 g/mol. The van der Waals surface area contributed by atoms with Gasteiger partial charge in [0.25, 0.3) is 0 Å². The Hall–Kier alpha value is -7.00. The molecule has 0 atom stereocenters. The van der Waals surface area contributed by atoms with Crippen molar-refractivity contribution in [1.29, 1.82) is 0 Å². The monoisotopic (exact) mass is 771 g/mol. The van der Waals surface area contributed by atoms with Crippen molar-refractivity contribution in [2.24, 2.45) is 0 Å². The lowest BCUT2D eigenvalue weighted by Crippen LogP contribution is -2.16. The lowest BCUT2D eigenvalue weighted by molar-refractivity contribution is 0.660. The lowest BCUT2D eigenvalue weighted by Gasteiger charge is -2.28. The second-order valence-electron chi connectivity index (χ2n) is 16.1. The number of fused-ring (bicyclic) bond motifs is 6. The first-order valence-corrected chi connectivity index (χ1v) is 21.2. The highest BCUT2D eigenvalue weighted by Crippen LogP contribution is 2.52. The molecule has 0 saturated carbocycles. The summed E-state index contributed by atoms with van der Waals surface area (Å²) in [6.45, 7) is 4.79. The van der Waals surface area contributed by atoms with Crippen LogP contribution in [0.5, 0.6) is 0 Å². The molecule has 0 aliphatic heterocycles. The number of rotatable bonds is 7. The van der Waals surface area contributed by atoms with Gasteiger partial charge in [-0.25, -0.2) is 0 Å². The first kappa shape index (κ1) is 35.2. The van der Waals surface area contributed by atoms with Crippen molar-refractivity contribution in [3.8, 4) is 55.6 Å². The van der Waals surface area contributed by atoms with E-state index in [1.807, 2.05) is 11.3 Å². The summed E-state index contributed by atoms with van der Waals surface area (Å²) >= 11 is 1.88. The summed E-state index contributed by atoms with van der Waals surface area (Å²) in [5.41, 5.74) is 18.4. The standard InChI is InChI=1S/C57H41NS/c1-57(2)53-34-43(51-37-56-52(49-20-12-13-21-55(49)59-56)36-50(51)42-18-10-5-11-19-42)26-32-47(53)48-33-31-46(35-54(48)57)58(44-27-22-40(23-28-44)38-14-6-3-7-15-38)45-29-24-41(25-30-45)39-16-8-4-9-17-39/h3-37H,1-2H3. The molecular formula is C57H41NS. The van der Waals surface area contributed by atoms with Gasteiger partial charge in [-0.3, -0.25) is 0 Å². The van der Waals surface area contributed by atoms with E-state index in [9.17, 15) is 0 Å². The third-order valence-electron chi connectivity index (χ3n) is 12.3. The molecule has 1 aromatic heterocycles. The molecule has 10 aromatic rings. The minimum absolute atomic E-state index is 0.217. The molecule has 0 radical (unpaired) electrons. The number of thiophene rings is 1. The summed E-state index contributed by atoms with van der Waals surface area (Å²) in [7, 11) is 0. The zero-order valence-corrected chi connectivity index (χ0v) is 33.9. The summed E-state index contributed by atoms with van der Waals surface area (Å²) in [4.78, 5) is 2.40. The van der Waals surface area contributed by atoms with E-state index in [0.29, 0.717) is 0 Å². The number of anilines is 3. The van der Waals surface area contributed by atoms with E-state index >= 15 is 0 Å². The topological polar surface area (TPSA) is 3.24 Å². The normalized spacial score (nSPS) is 12.7. The van der Waals surface area contributed by atoms with Crippen LogP contribution < -0.4 is 4.90 Å². The molecule has 2 heteroatoms. The van der Waals surface area contributed by atoms with Gasteiger partial charge < -0.3 is 4.90 Å². The largest absolute Gasteiger partial charge is 0.310 e. The molecule has 59 heavy (non-hydrogen) atoms. The molecule has 9 aromatic carbocycles. The maximum absolute atomic E-state index is 2.47. The summed E-state index contributed by atoms with van der Waals surface area (Å²) in [5.74, 6) is 0. The van der Waals surface area contributed by atoms with Crippen LogP contribution in [0.15, 0.2) is 212 Å². The van der Waals surface area contributed by atoms with Crippen molar-refractivity contribution >= 4 is 48.6 Å². The van der Waals surface area contributed by atoms with E-state index in [2.05, 4.69) is 231 Å². The van der Waals surface area contributed by atoms with Crippen LogP contribution in [0.3, 0.4) is 0 Å². The van der Waals surface area contributed by atoms with E-state index in [4.69, 9.17) is 0 Å². The van der Waals surface area contributed by atoms with E-state index < -0.39 is 0 Å². The van der Waals surface area contributed by atoms with Crippen molar-refractivity contribution < 1.29 is 0 Å². The zero-order valence-electron chi connectivity index (χ0n) is 33.1. The molecule has 1 nitrogen and oxygen atoms in total. The molecule has 11 rings (SSSR count). The van der Waals surface area contributed by atoms with Gasteiger partial charge in [0.2, 0.25) is 0 Å². The van der Waals surface area contributed by atoms with Gasteiger partial charge in [-0.2, -0.15) is 0 Å². The average molecular weight is 772 g/mol. The minimum atomic E-state index is -0.217. The van der Waals surface area contributed by atoms with Crippen LogP contribution in [-0.4, -0.2) is 0 Å². The molecule has 0 spiro atoms. The second-order valence-corrected chi connectivity index (χ2v) is 17.2. The van der Waals surface area contributed by atoms with Crippen LogP contribution in [0.1, 0.15) is 25.0 Å². The molecule has 1 aliphatic carbocycles. The van der Waals surface area contributed by atoms with E-state index in [1.54, 1.807) is 0 Å². The summed E-state index contributed by atoms with van der Waals surface area (Å²) in [6.07, 6.45) is 0. The fourth-order valence-corrected chi connectivity index (χ4v) is 10.3. The first-order chi connectivity index (χ1) is 29.0. The van der Waals surface area contributed by atoms with Crippen molar-refractivity contribution in [1.82, 2.24) is 0 Å². The summed E-state index contributed by atoms with van der Waals surface area (Å²) in [6, 6.07) is 78.0. The number of hydrogen-bond donors (Lipinski definition) is 0. The molecule has 0 unspecified atom stereocenters. The third-order valence-corrected chi connectivity index (χ3v) is 13.4. The van der Waals surface area contributed by atoms with Crippen LogP contribution in [-0.2, 0) is 5.41 Å². The molecule has 1 heterocycles. The highest BCUT2D eigenvalue weighted by atomic mass is 32.1. The Kier molecular flexibility index (Phi) is 8.43. The molecule has 1 aliphatic rings. The lowest BCUT2D eigenvalue weighted by atomic mass is 9.81. The average Bonchev–Trinajstić information content (AvgIpc) is 3.78. The molecule has 0 bridgehead atoms. The van der Waals surface area contributed by atoms with E-state index in [-0.39, 0.29) is 5.41 Å². The number of benzene rings is 9. The number of nitrogens with zero attached hydrogens (tertiary/aromatic N) is 1. The zero-order chi connectivity index (χ0) is 39.5. The van der Waals surface area contributed by atoms with Gasteiger partial charge in [0.15, 0.2) is 0 Å². The fraction of sp³-hybridized carbons (Fsp3) is 0.0526. The van der Waals surface area contributed by atoms with Crippen LogP contribution in [0.25, 0.3) is 75.8 Å². The second kappa shape index (κ2) is 14.1. The van der Waals surface area contributed by atoms with Crippen molar-refractivity contribution in [2.45, 2.75) is 19.3 Å². The predicted molar refractivity (Wildman–Crippen MR) is 253 cm³/mol. The molecule has 0 fully saturated rings.